The summed E-state index contributed by atoms with van der Waals surface area (Å²) in [5.41, 5.74) is 2.20. The third-order valence-electron chi connectivity index (χ3n) is 5.80. The van der Waals surface area contributed by atoms with Crippen LogP contribution in [-0.2, 0) is 6.42 Å². The van der Waals surface area contributed by atoms with Gasteiger partial charge in [-0.3, -0.25) is 0 Å². The lowest BCUT2D eigenvalue weighted by Crippen LogP contribution is -1.91. The monoisotopic (exact) mass is 430 g/mol. The summed E-state index contributed by atoms with van der Waals surface area (Å²) in [6, 6.07) is 18.6. The van der Waals surface area contributed by atoms with Gasteiger partial charge in [0.15, 0.2) is 17.5 Å². The van der Waals surface area contributed by atoms with E-state index >= 15 is 0 Å². The molecule has 0 amide bonds. The molecule has 0 nitrogen and oxygen atoms in total. The molecule has 0 saturated carbocycles. The van der Waals surface area contributed by atoms with Crippen LogP contribution in [0.25, 0.3) is 21.5 Å². The van der Waals surface area contributed by atoms with E-state index in [1.165, 1.54) is 48.4 Å². The fourth-order valence-corrected chi connectivity index (χ4v) is 4.06. The van der Waals surface area contributed by atoms with Gasteiger partial charge in [0, 0.05) is 11.1 Å². The van der Waals surface area contributed by atoms with E-state index in [0.717, 1.165) is 34.9 Å². The van der Waals surface area contributed by atoms with Crippen molar-refractivity contribution in [3.8, 4) is 11.8 Å². The summed E-state index contributed by atoms with van der Waals surface area (Å²) in [4.78, 5) is 0. The van der Waals surface area contributed by atoms with Gasteiger partial charge in [-0.1, -0.05) is 80.8 Å². The van der Waals surface area contributed by atoms with Crippen molar-refractivity contribution >= 4 is 21.5 Å². The first-order valence-electron chi connectivity index (χ1n) is 11.2. The average molecular weight is 431 g/mol. The van der Waals surface area contributed by atoms with Crippen molar-refractivity contribution in [3.05, 3.63) is 94.8 Å². The normalized spacial score (nSPS) is 11.0. The summed E-state index contributed by atoms with van der Waals surface area (Å²) in [6.45, 7) is 2.23. The van der Waals surface area contributed by atoms with Gasteiger partial charge in [-0.25, -0.2) is 13.2 Å². The summed E-state index contributed by atoms with van der Waals surface area (Å²) >= 11 is 0. The van der Waals surface area contributed by atoms with Crippen LogP contribution in [0.1, 0.15) is 55.7 Å². The van der Waals surface area contributed by atoms with E-state index in [1.54, 1.807) is 0 Å². The third kappa shape index (κ3) is 4.97. The minimum absolute atomic E-state index is 0.0993. The summed E-state index contributed by atoms with van der Waals surface area (Å²) < 4.78 is 39.9. The molecule has 0 aliphatic heterocycles. The van der Waals surface area contributed by atoms with Crippen molar-refractivity contribution < 1.29 is 13.2 Å². The summed E-state index contributed by atoms with van der Waals surface area (Å²) in [5, 5.41) is 4.61. The number of unbranched alkanes of at least 4 members (excludes halogenated alkanes) is 4. The second-order valence-corrected chi connectivity index (χ2v) is 8.23. The number of fused-ring (bicyclic) bond motifs is 3. The molecule has 4 rings (SSSR count). The molecule has 0 atom stereocenters. The van der Waals surface area contributed by atoms with Crippen molar-refractivity contribution in [3.63, 3.8) is 0 Å². The molecular formula is C29H25F3. The molecule has 0 aromatic heterocycles. The van der Waals surface area contributed by atoms with Gasteiger partial charge in [0.1, 0.15) is 0 Å². The zero-order valence-electron chi connectivity index (χ0n) is 18.2. The first-order valence-corrected chi connectivity index (χ1v) is 11.2. The standard InChI is InChI=1S/C29H25F3/c1-2-3-4-5-6-7-20-10-14-25-23(16-20)12-13-24-17-21(11-15-26(24)25)8-9-22-18-27(30)29(32)28(31)19-22/h10-19H,2-7H2,1H3. The van der Waals surface area contributed by atoms with Crippen molar-refractivity contribution in [2.75, 3.05) is 0 Å². The summed E-state index contributed by atoms with van der Waals surface area (Å²) in [5.74, 6) is 1.68. The maximum atomic E-state index is 13.4. The van der Waals surface area contributed by atoms with Crippen LogP contribution in [0, 0.1) is 29.3 Å². The Morgan fingerprint density at radius 2 is 1.25 bits per heavy atom. The van der Waals surface area contributed by atoms with Crippen LogP contribution >= 0.6 is 0 Å². The van der Waals surface area contributed by atoms with Crippen molar-refractivity contribution in [1.29, 1.82) is 0 Å². The summed E-state index contributed by atoms with van der Waals surface area (Å²) in [6.07, 6.45) is 7.50. The van der Waals surface area contributed by atoms with Gasteiger partial charge in [-0.15, -0.1) is 0 Å². The zero-order valence-corrected chi connectivity index (χ0v) is 18.2. The van der Waals surface area contributed by atoms with Crippen LogP contribution in [0.4, 0.5) is 13.2 Å². The highest BCUT2D eigenvalue weighted by Gasteiger charge is 2.09. The van der Waals surface area contributed by atoms with E-state index in [2.05, 4.69) is 49.1 Å². The number of hydrogen-bond acceptors (Lipinski definition) is 0. The van der Waals surface area contributed by atoms with Crippen LogP contribution in [0.2, 0.25) is 0 Å². The van der Waals surface area contributed by atoms with E-state index in [1.807, 2.05) is 18.2 Å². The van der Waals surface area contributed by atoms with Crippen LogP contribution in [0.15, 0.2) is 60.7 Å². The highest BCUT2D eigenvalue weighted by atomic mass is 19.2. The maximum absolute atomic E-state index is 13.4. The lowest BCUT2D eigenvalue weighted by molar-refractivity contribution is 0.446. The Balaban J connectivity index is 1.56. The molecule has 0 saturated heterocycles. The van der Waals surface area contributed by atoms with Crippen molar-refractivity contribution in [1.82, 2.24) is 0 Å². The third-order valence-corrected chi connectivity index (χ3v) is 5.80. The molecule has 0 N–H and O–H groups in total. The second-order valence-electron chi connectivity index (χ2n) is 8.23. The molecule has 0 aliphatic rings. The van der Waals surface area contributed by atoms with Crippen molar-refractivity contribution in [2.45, 2.75) is 45.4 Å². The Kier molecular flexibility index (Phi) is 6.81. The molecule has 0 fully saturated rings. The number of hydrogen-bond donors (Lipinski definition) is 0. The fraction of sp³-hybridized carbons (Fsp3) is 0.241. The van der Waals surface area contributed by atoms with E-state index in [-0.39, 0.29) is 5.56 Å². The molecule has 0 unspecified atom stereocenters. The Hall–Kier alpha value is -3.25. The molecule has 0 heterocycles. The maximum Gasteiger partial charge on any atom is 0.194 e. The van der Waals surface area contributed by atoms with Crippen molar-refractivity contribution in [2.24, 2.45) is 0 Å². The lowest BCUT2D eigenvalue weighted by atomic mass is 9.97. The largest absolute Gasteiger partial charge is 0.204 e. The SMILES string of the molecule is CCCCCCCc1ccc2c(ccc3cc(C#Cc4cc(F)c(F)c(F)c4)ccc32)c1. The molecule has 32 heavy (non-hydrogen) atoms. The number of halogens is 3. The van der Waals surface area contributed by atoms with Gasteiger partial charge < -0.3 is 0 Å². The van der Waals surface area contributed by atoms with Crippen LogP contribution in [0.3, 0.4) is 0 Å². The molecule has 3 heteroatoms. The molecule has 0 aliphatic carbocycles. The number of benzene rings is 4. The van der Waals surface area contributed by atoms with Gasteiger partial charge in [-0.05, 0) is 64.2 Å². The van der Waals surface area contributed by atoms with E-state index in [4.69, 9.17) is 0 Å². The van der Waals surface area contributed by atoms with Crippen LogP contribution in [-0.4, -0.2) is 0 Å². The predicted octanol–water partition coefficient (Wildman–Crippen LogP) is 8.32. The minimum atomic E-state index is -1.48. The Bertz CT molecular complexity index is 1300. The Morgan fingerprint density at radius 1 is 0.625 bits per heavy atom. The predicted molar refractivity (Wildman–Crippen MR) is 126 cm³/mol. The first kappa shape index (κ1) is 22.0. The molecule has 162 valence electrons. The number of aryl methyl sites for hydroxylation is 1. The topological polar surface area (TPSA) is 0 Å². The summed E-state index contributed by atoms with van der Waals surface area (Å²) in [7, 11) is 0. The highest BCUT2D eigenvalue weighted by Crippen LogP contribution is 2.27. The van der Waals surface area contributed by atoms with Gasteiger partial charge in [0.05, 0.1) is 0 Å². The molecule has 0 radical (unpaired) electrons. The van der Waals surface area contributed by atoms with Gasteiger partial charge in [-0.2, -0.15) is 0 Å². The lowest BCUT2D eigenvalue weighted by Gasteiger charge is -2.08. The molecule has 4 aromatic carbocycles. The Labute approximate surface area is 187 Å². The molecule has 0 bridgehead atoms. The second kappa shape index (κ2) is 9.92. The molecular weight excluding hydrogens is 405 g/mol. The quantitative estimate of drug-likeness (QED) is 0.125. The van der Waals surface area contributed by atoms with Gasteiger partial charge in [0.25, 0.3) is 0 Å². The Morgan fingerprint density at radius 3 is 1.97 bits per heavy atom. The van der Waals surface area contributed by atoms with E-state index < -0.39 is 17.5 Å². The van der Waals surface area contributed by atoms with Crippen LogP contribution in [0.5, 0.6) is 0 Å². The zero-order chi connectivity index (χ0) is 22.5. The molecule has 4 aromatic rings. The number of rotatable bonds is 6. The average Bonchev–Trinajstić information content (AvgIpc) is 2.80. The smallest absolute Gasteiger partial charge is 0.194 e. The minimum Gasteiger partial charge on any atom is -0.204 e. The fourth-order valence-electron chi connectivity index (χ4n) is 4.06. The van der Waals surface area contributed by atoms with E-state index in [0.29, 0.717) is 0 Å². The van der Waals surface area contributed by atoms with Gasteiger partial charge >= 0.3 is 0 Å². The van der Waals surface area contributed by atoms with E-state index in [9.17, 15) is 13.2 Å². The highest BCUT2D eigenvalue weighted by molar-refractivity contribution is 6.07. The molecule has 0 spiro atoms. The van der Waals surface area contributed by atoms with Crippen LogP contribution < -0.4 is 0 Å². The first-order chi connectivity index (χ1) is 15.5. The van der Waals surface area contributed by atoms with Gasteiger partial charge in [0.2, 0.25) is 0 Å².